The summed E-state index contributed by atoms with van der Waals surface area (Å²) >= 11 is 0. The lowest BCUT2D eigenvalue weighted by molar-refractivity contribution is -0.162. The molecule has 2 aliphatic carbocycles. The van der Waals surface area contributed by atoms with Crippen molar-refractivity contribution in [3.8, 4) is 0 Å². The number of carbonyl (C=O) groups is 1. The first-order chi connectivity index (χ1) is 16.2. The summed E-state index contributed by atoms with van der Waals surface area (Å²) in [5, 5.41) is 0. The Morgan fingerprint density at radius 1 is 0.970 bits per heavy atom. The molecule has 5 nitrogen and oxygen atoms in total. The van der Waals surface area contributed by atoms with Crippen LogP contribution in [-0.2, 0) is 26.3 Å². The van der Waals surface area contributed by atoms with Gasteiger partial charge in [0.15, 0.2) is 0 Å². The first-order valence-electron chi connectivity index (χ1n) is 13.6. The number of ether oxygens (including phenoxy) is 2. The van der Waals surface area contributed by atoms with Crippen molar-refractivity contribution in [3.63, 3.8) is 0 Å². The number of piperazine rings is 1. The summed E-state index contributed by atoms with van der Waals surface area (Å²) < 4.78 is 12.0. The predicted molar refractivity (Wildman–Crippen MR) is 130 cm³/mol. The summed E-state index contributed by atoms with van der Waals surface area (Å²) in [5.41, 5.74) is 2.50. The summed E-state index contributed by atoms with van der Waals surface area (Å²) in [6, 6.07) is 10.3. The fourth-order valence-corrected chi connectivity index (χ4v) is 7.07. The summed E-state index contributed by atoms with van der Waals surface area (Å²) in [4.78, 5) is 17.7. The van der Waals surface area contributed by atoms with E-state index in [0.717, 1.165) is 25.3 Å². The lowest BCUT2D eigenvalue weighted by Gasteiger charge is -2.50. The standard InChI is InChI=1S/C28H42N2O3/c1-2-32-27(31)21-25-20-22-8-6-7-11-26(22)28(33-25)14-12-24(13-15-28)30-18-16-29(17-19-30)23-9-4-3-5-10-23/h6-8,11,23-25H,2-5,9-10,12-21H2,1H3/t24?,25-,28?/m0/s1. The number of hydrogen-bond donors (Lipinski definition) is 0. The molecule has 1 aromatic carbocycles. The van der Waals surface area contributed by atoms with Gasteiger partial charge in [0, 0.05) is 38.3 Å². The van der Waals surface area contributed by atoms with Crippen molar-refractivity contribution < 1.29 is 14.3 Å². The van der Waals surface area contributed by atoms with E-state index >= 15 is 0 Å². The maximum Gasteiger partial charge on any atom is 0.308 e. The van der Waals surface area contributed by atoms with Crippen molar-refractivity contribution in [3.05, 3.63) is 35.4 Å². The zero-order chi connectivity index (χ0) is 22.7. The van der Waals surface area contributed by atoms with Crippen molar-refractivity contribution in [2.75, 3.05) is 32.8 Å². The van der Waals surface area contributed by atoms with E-state index in [1.165, 1.54) is 82.3 Å². The molecule has 33 heavy (non-hydrogen) atoms. The molecule has 0 amide bonds. The number of hydrogen-bond acceptors (Lipinski definition) is 5. The summed E-state index contributed by atoms with van der Waals surface area (Å²) in [7, 11) is 0. The van der Waals surface area contributed by atoms with Crippen LogP contribution in [-0.4, -0.2) is 66.7 Å². The minimum Gasteiger partial charge on any atom is -0.466 e. The molecule has 182 valence electrons. The lowest BCUT2D eigenvalue weighted by Crippen LogP contribution is -2.55. The fraction of sp³-hybridized carbons (Fsp3) is 0.750. The Morgan fingerprint density at radius 3 is 2.27 bits per heavy atom. The number of rotatable bonds is 5. The molecule has 5 heteroatoms. The van der Waals surface area contributed by atoms with Crippen molar-refractivity contribution in [2.24, 2.45) is 0 Å². The van der Waals surface area contributed by atoms with Crippen LogP contribution in [0.2, 0.25) is 0 Å². The average molecular weight is 455 g/mol. The van der Waals surface area contributed by atoms with Crippen LogP contribution < -0.4 is 0 Å². The molecular formula is C28H42N2O3. The number of nitrogens with zero attached hydrogens (tertiary/aromatic N) is 2. The highest BCUT2D eigenvalue weighted by molar-refractivity contribution is 5.70. The second-order valence-corrected chi connectivity index (χ2v) is 10.7. The van der Waals surface area contributed by atoms with Crippen LogP contribution in [0.4, 0.5) is 0 Å². The van der Waals surface area contributed by atoms with Crippen LogP contribution in [0.25, 0.3) is 0 Å². The van der Waals surface area contributed by atoms with E-state index in [9.17, 15) is 4.79 Å². The Bertz CT molecular complexity index is 790. The number of fused-ring (bicyclic) bond motifs is 2. The van der Waals surface area contributed by atoms with Crippen molar-refractivity contribution in [2.45, 2.75) is 101 Å². The first-order valence-corrected chi connectivity index (χ1v) is 13.6. The van der Waals surface area contributed by atoms with Crippen molar-refractivity contribution >= 4 is 5.97 Å². The van der Waals surface area contributed by atoms with Gasteiger partial charge in [-0.1, -0.05) is 43.5 Å². The Hall–Kier alpha value is -1.43. The van der Waals surface area contributed by atoms with Gasteiger partial charge in [0.1, 0.15) is 0 Å². The van der Waals surface area contributed by atoms with Gasteiger partial charge in [-0.2, -0.15) is 0 Å². The van der Waals surface area contributed by atoms with E-state index in [-0.39, 0.29) is 17.7 Å². The number of esters is 1. The quantitative estimate of drug-likeness (QED) is 0.605. The third-order valence-corrected chi connectivity index (χ3v) is 8.77. The Morgan fingerprint density at radius 2 is 1.61 bits per heavy atom. The highest BCUT2D eigenvalue weighted by Crippen LogP contribution is 2.47. The van der Waals surface area contributed by atoms with Gasteiger partial charge >= 0.3 is 5.97 Å². The van der Waals surface area contributed by atoms with E-state index < -0.39 is 0 Å². The predicted octanol–water partition coefficient (Wildman–Crippen LogP) is 4.67. The number of carbonyl (C=O) groups excluding carboxylic acids is 1. The Balaban J connectivity index is 1.20. The zero-order valence-electron chi connectivity index (χ0n) is 20.5. The third kappa shape index (κ3) is 5.16. The molecule has 3 fully saturated rings. The van der Waals surface area contributed by atoms with E-state index in [4.69, 9.17) is 9.47 Å². The molecule has 1 saturated heterocycles. The molecule has 0 aromatic heterocycles. The van der Waals surface area contributed by atoms with Gasteiger partial charge in [0.2, 0.25) is 0 Å². The highest BCUT2D eigenvalue weighted by atomic mass is 16.5. The third-order valence-electron chi connectivity index (χ3n) is 8.77. The molecular weight excluding hydrogens is 412 g/mol. The van der Waals surface area contributed by atoms with Gasteiger partial charge in [0.05, 0.1) is 24.7 Å². The van der Waals surface area contributed by atoms with Crippen molar-refractivity contribution in [1.29, 1.82) is 0 Å². The van der Waals surface area contributed by atoms with Crippen LogP contribution in [0.3, 0.4) is 0 Å². The monoisotopic (exact) mass is 454 g/mol. The molecule has 1 aromatic rings. The molecule has 4 aliphatic rings. The molecule has 5 rings (SSSR count). The molecule has 1 spiro atoms. The van der Waals surface area contributed by atoms with Crippen LogP contribution in [0.1, 0.15) is 82.3 Å². The Kier molecular flexibility index (Phi) is 7.39. The maximum absolute atomic E-state index is 12.2. The van der Waals surface area contributed by atoms with E-state index in [1.807, 2.05) is 6.92 Å². The van der Waals surface area contributed by atoms with Gasteiger partial charge in [-0.3, -0.25) is 14.6 Å². The topological polar surface area (TPSA) is 42.0 Å². The lowest BCUT2D eigenvalue weighted by atomic mass is 9.73. The maximum atomic E-state index is 12.2. The van der Waals surface area contributed by atoms with Gasteiger partial charge in [-0.25, -0.2) is 0 Å². The molecule has 0 radical (unpaired) electrons. The van der Waals surface area contributed by atoms with Crippen LogP contribution in [0, 0.1) is 0 Å². The van der Waals surface area contributed by atoms with Gasteiger partial charge < -0.3 is 9.47 Å². The molecule has 2 heterocycles. The largest absolute Gasteiger partial charge is 0.466 e. The molecule has 2 aliphatic heterocycles. The summed E-state index contributed by atoms with van der Waals surface area (Å²) in [6.45, 7) is 7.23. The van der Waals surface area contributed by atoms with Gasteiger partial charge in [-0.05, 0) is 63.0 Å². The second-order valence-electron chi connectivity index (χ2n) is 10.7. The minimum absolute atomic E-state index is 0.0745. The van der Waals surface area contributed by atoms with Gasteiger partial charge in [-0.15, -0.1) is 0 Å². The SMILES string of the molecule is CCOC(=O)C[C@@H]1Cc2ccccc2C2(CCC(N3CCN(C4CCCCC4)CC3)CC2)O1. The van der Waals surface area contributed by atoms with Gasteiger partial charge in [0.25, 0.3) is 0 Å². The molecule has 2 saturated carbocycles. The molecule has 0 N–H and O–H groups in total. The van der Waals surface area contributed by atoms with E-state index in [2.05, 4.69) is 34.1 Å². The van der Waals surface area contributed by atoms with E-state index in [0.29, 0.717) is 19.1 Å². The van der Waals surface area contributed by atoms with Crippen LogP contribution in [0.5, 0.6) is 0 Å². The highest BCUT2D eigenvalue weighted by Gasteiger charge is 2.45. The van der Waals surface area contributed by atoms with Crippen LogP contribution >= 0.6 is 0 Å². The smallest absolute Gasteiger partial charge is 0.308 e. The van der Waals surface area contributed by atoms with Crippen molar-refractivity contribution in [1.82, 2.24) is 9.80 Å². The zero-order valence-corrected chi connectivity index (χ0v) is 20.5. The second kappa shape index (κ2) is 10.5. The van der Waals surface area contributed by atoms with E-state index in [1.54, 1.807) is 0 Å². The number of benzene rings is 1. The molecule has 0 unspecified atom stereocenters. The molecule has 1 atom stereocenters. The summed E-state index contributed by atoms with van der Waals surface area (Å²) in [5.74, 6) is -0.137. The average Bonchev–Trinajstić information content (AvgIpc) is 2.85. The Labute approximate surface area is 199 Å². The first kappa shape index (κ1) is 23.3. The minimum atomic E-state index is -0.230. The molecule has 0 bridgehead atoms. The fourth-order valence-electron chi connectivity index (χ4n) is 7.07. The summed E-state index contributed by atoms with van der Waals surface area (Å²) in [6.07, 6.45) is 12.7. The van der Waals surface area contributed by atoms with Crippen LogP contribution in [0.15, 0.2) is 24.3 Å². The normalized spacial score (nSPS) is 31.9.